The van der Waals surface area contributed by atoms with E-state index in [1.54, 1.807) is 6.33 Å². The van der Waals surface area contributed by atoms with Crippen LogP contribution in [-0.2, 0) is 13.0 Å². The predicted molar refractivity (Wildman–Crippen MR) is 68.8 cm³/mol. The molecule has 1 atom stereocenters. The van der Waals surface area contributed by atoms with E-state index in [9.17, 15) is 0 Å². The number of hydrogen-bond acceptors (Lipinski definition) is 3. The monoisotopic (exact) mass is 236 g/mol. The maximum atomic E-state index is 4.38. The van der Waals surface area contributed by atoms with Gasteiger partial charge in [0, 0.05) is 19.0 Å². The molecule has 0 amide bonds. The molecule has 0 aliphatic heterocycles. The first-order chi connectivity index (χ1) is 8.20. The predicted octanol–water partition coefficient (Wildman–Crippen LogP) is 1.86. The minimum absolute atomic E-state index is 0.624. The van der Waals surface area contributed by atoms with Crippen LogP contribution >= 0.6 is 0 Å². The molecule has 96 valence electrons. The minimum atomic E-state index is 0.624. The number of nitrogens with one attached hydrogen (secondary N) is 1. The van der Waals surface area contributed by atoms with Crippen LogP contribution < -0.4 is 5.32 Å². The molecule has 1 aromatic rings. The zero-order valence-electron chi connectivity index (χ0n) is 11.2. The molecule has 1 aliphatic carbocycles. The van der Waals surface area contributed by atoms with Gasteiger partial charge < -0.3 is 5.32 Å². The van der Waals surface area contributed by atoms with Gasteiger partial charge in [0.2, 0.25) is 0 Å². The molecular formula is C13H24N4. The Kier molecular flexibility index (Phi) is 4.15. The van der Waals surface area contributed by atoms with Crippen molar-refractivity contribution in [3.05, 3.63) is 12.2 Å². The van der Waals surface area contributed by atoms with Crippen LogP contribution in [0.1, 0.15) is 38.9 Å². The molecule has 0 saturated heterocycles. The summed E-state index contributed by atoms with van der Waals surface area (Å²) in [7, 11) is 2.07. The van der Waals surface area contributed by atoms with E-state index >= 15 is 0 Å². The maximum absolute atomic E-state index is 4.38. The van der Waals surface area contributed by atoms with Gasteiger partial charge in [-0.2, -0.15) is 5.10 Å². The lowest BCUT2D eigenvalue weighted by Crippen LogP contribution is -2.28. The molecule has 1 N–H and O–H groups in total. The van der Waals surface area contributed by atoms with E-state index in [1.807, 2.05) is 0 Å². The first kappa shape index (κ1) is 12.6. The highest BCUT2D eigenvalue weighted by Crippen LogP contribution is 2.34. The summed E-state index contributed by atoms with van der Waals surface area (Å²) in [6.07, 6.45) is 6.68. The fraction of sp³-hybridized carbons (Fsp3) is 0.846. The summed E-state index contributed by atoms with van der Waals surface area (Å²) in [6, 6.07) is 0.666. The third-order valence-electron chi connectivity index (χ3n) is 3.47. The highest BCUT2D eigenvalue weighted by Gasteiger charge is 2.29. The molecule has 1 aromatic heterocycles. The number of nitrogens with zero attached hydrogens (tertiary/aromatic N) is 3. The van der Waals surface area contributed by atoms with E-state index in [-0.39, 0.29) is 0 Å². The molecule has 17 heavy (non-hydrogen) atoms. The van der Waals surface area contributed by atoms with Gasteiger partial charge in [-0.15, -0.1) is 0 Å². The Labute approximate surface area is 104 Å². The molecule has 0 radical (unpaired) electrons. The second-order valence-corrected chi connectivity index (χ2v) is 5.52. The first-order valence-electron chi connectivity index (χ1n) is 6.74. The Bertz CT molecular complexity index is 341. The molecule has 1 saturated carbocycles. The second kappa shape index (κ2) is 5.63. The van der Waals surface area contributed by atoms with Crippen molar-refractivity contribution in [3.63, 3.8) is 0 Å². The van der Waals surface area contributed by atoms with Crippen molar-refractivity contribution in [2.75, 3.05) is 7.05 Å². The molecule has 2 rings (SSSR count). The van der Waals surface area contributed by atoms with Crippen LogP contribution in [0.4, 0.5) is 0 Å². The summed E-state index contributed by atoms with van der Waals surface area (Å²) in [5.41, 5.74) is 0. The van der Waals surface area contributed by atoms with Gasteiger partial charge in [0.15, 0.2) is 0 Å². The Morgan fingerprint density at radius 3 is 2.82 bits per heavy atom. The van der Waals surface area contributed by atoms with Gasteiger partial charge >= 0.3 is 0 Å². The van der Waals surface area contributed by atoms with Gasteiger partial charge in [-0.3, -0.25) is 0 Å². The van der Waals surface area contributed by atoms with Gasteiger partial charge in [-0.1, -0.05) is 13.8 Å². The highest BCUT2D eigenvalue weighted by atomic mass is 15.3. The quantitative estimate of drug-likeness (QED) is 0.786. The lowest BCUT2D eigenvalue weighted by molar-refractivity contribution is 0.435. The van der Waals surface area contributed by atoms with Crippen LogP contribution in [0.5, 0.6) is 0 Å². The number of rotatable bonds is 7. The molecule has 1 aliphatic rings. The molecule has 1 unspecified atom stereocenters. The van der Waals surface area contributed by atoms with Gasteiger partial charge in [-0.25, -0.2) is 9.67 Å². The normalized spacial score (nSPS) is 17.6. The van der Waals surface area contributed by atoms with Crippen LogP contribution in [0.3, 0.4) is 0 Å². The summed E-state index contributed by atoms with van der Waals surface area (Å²) < 4.78 is 2.06. The van der Waals surface area contributed by atoms with Crippen LogP contribution in [0.15, 0.2) is 6.33 Å². The maximum Gasteiger partial charge on any atom is 0.138 e. The number of hydrogen-bond donors (Lipinski definition) is 1. The zero-order valence-corrected chi connectivity index (χ0v) is 11.2. The largest absolute Gasteiger partial charge is 0.317 e. The van der Waals surface area contributed by atoms with Crippen LogP contribution in [0.25, 0.3) is 0 Å². The second-order valence-electron chi connectivity index (χ2n) is 5.52. The van der Waals surface area contributed by atoms with Gasteiger partial charge in [0.05, 0.1) is 0 Å². The van der Waals surface area contributed by atoms with Gasteiger partial charge in [0.25, 0.3) is 0 Å². The van der Waals surface area contributed by atoms with Crippen molar-refractivity contribution in [2.45, 2.75) is 52.1 Å². The van der Waals surface area contributed by atoms with E-state index in [0.29, 0.717) is 12.0 Å². The molecule has 0 bridgehead atoms. The molecule has 0 spiro atoms. The summed E-state index contributed by atoms with van der Waals surface area (Å²) >= 11 is 0. The lowest BCUT2D eigenvalue weighted by atomic mass is 10.1. The molecule has 0 aromatic carbocycles. The Hall–Kier alpha value is -0.900. The summed E-state index contributed by atoms with van der Waals surface area (Å²) in [6.45, 7) is 5.40. The van der Waals surface area contributed by atoms with Crippen molar-refractivity contribution >= 4 is 0 Å². The van der Waals surface area contributed by atoms with E-state index in [4.69, 9.17) is 0 Å². The average molecular weight is 236 g/mol. The van der Waals surface area contributed by atoms with Crippen LogP contribution in [0, 0.1) is 11.8 Å². The SMILES string of the molecule is CNC(CCc1ncnn1CC(C)C)C1CC1. The van der Waals surface area contributed by atoms with Crippen molar-refractivity contribution in [2.24, 2.45) is 11.8 Å². The van der Waals surface area contributed by atoms with E-state index < -0.39 is 0 Å². The fourth-order valence-corrected chi connectivity index (χ4v) is 2.38. The third kappa shape index (κ3) is 3.53. The van der Waals surface area contributed by atoms with Crippen molar-refractivity contribution in [3.8, 4) is 0 Å². The standard InChI is InChI=1S/C13H24N4/c1-10(2)8-17-13(15-9-16-17)7-6-12(14-3)11-4-5-11/h9-12,14H,4-8H2,1-3H3. The molecule has 1 fully saturated rings. The third-order valence-corrected chi connectivity index (χ3v) is 3.47. The van der Waals surface area contributed by atoms with Crippen molar-refractivity contribution < 1.29 is 0 Å². The summed E-state index contributed by atoms with van der Waals surface area (Å²) in [4.78, 5) is 4.38. The summed E-state index contributed by atoms with van der Waals surface area (Å²) in [5.74, 6) is 2.67. The Balaban J connectivity index is 1.87. The minimum Gasteiger partial charge on any atom is -0.317 e. The summed E-state index contributed by atoms with van der Waals surface area (Å²) in [5, 5.41) is 7.73. The highest BCUT2D eigenvalue weighted by molar-refractivity contribution is 4.91. The molecule has 4 heteroatoms. The van der Waals surface area contributed by atoms with Crippen molar-refractivity contribution in [1.82, 2.24) is 20.1 Å². The van der Waals surface area contributed by atoms with E-state index in [1.165, 1.54) is 19.3 Å². The average Bonchev–Trinajstić information content (AvgIpc) is 3.02. The number of aromatic nitrogens is 3. The Morgan fingerprint density at radius 2 is 2.24 bits per heavy atom. The lowest BCUT2D eigenvalue weighted by Gasteiger charge is -2.15. The topological polar surface area (TPSA) is 42.7 Å². The van der Waals surface area contributed by atoms with Crippen molar-refractivity contribution in [1.29, 1.82) is 0 Å². The van der Waals surface area contributed by atoms with E-state index in [2.05, 4.69) is 41.0 Å². The first-order valence-corrected chi connectivity index (χ1v) is 6.74. The Morgan fingerprint density at radius 1 is 1.47 bits per heavy atom. The smallest absolute Gasteiger partial charge is 0.138 e. The number of aryl methyl sites for hydroxylation is 1. The molecule has 4 nitrogen and oxygen atoms in total. The van der Waals surface area contributed by atoms with Gasteiger partial charge in [0.1, 0.15) is 12.2 Å². The van der Waals surface area contributed by atoms with E-state index in [0.717, 1.165) is 24.7 Å². The van der Waals surface area contributed by atoms with Gasteiger partial charge in [-0.05, 0) is 38.1 Å². The van der Waals surface area contributed by atoms with Crippen LogP contribution in [0.2, 0.25) is 0 Å². The zero-order chi connectivity index (χ0) is 12.3. The fourth-order valence-electron chi connectivity index (χ4n) is 2.38. The molecular weight excluding hydrogens is 212 g/mol. The molecule has 1 heterocycles. The van der Waals surface area contributed by atoms with Crippen LogP contribution in [-0.4, -0.2) is 27.9 Å².